The van der Waals surface area contributed by atoms with E-state index in [2.05, 4.69) is 5.32 Å². The Hall–Kier alpha value is -2.04. The van der Waals surface area contributed by atoms with Gasteiger partial charge in [0.05, 0.1) is 5.69 Å². The number of nitrogens with one attached hydrogen (secondary N) is 1. The fourth-order valence-electron chi connectivity index (χ4n) is 3.34. The maximum atomic E-state index is 12.6. The number of aryl methyl sites for hydroxylation is 1. The Kier molecular flexibility index (Phi) is 4.55. The first-order valence-electron chi connectivity index (χ1n) is 8.46. The summed E-state index contributed by atoms with van der Waals surface area (Å²) in [7, 11) is 0. The summed E-state index contributed by atoms with van der Waals surface area (Å²) in [5.74, 6) is 0.456. The summed E-state index contributed by atoms with van der Waals surface area (Å²) in [6.45, 7) is 3.94. The van der Waals surface area contributed by atoms with Crippen molar-refractivity contribution >= 4 is 17.5 Å². The maximum Gasteiger partial charge on any atom is 0.268 e. The monoisotopic (exact) mass is 316 g/mol. The molecule has 0 unspecified atom stereocenters. The quantitative estimate of drug-likeness (QED) is 0.929. The van der Waals surface area contributed by atoms with E-state index in [1.165, 1.54) is 12.8 Å². The van der Waals surface area contributed by atoms with Crippen molar-refractivity contribution in [2.45, 2.75) is 58.1 Å². The average Bonchev–Trinajstić information content (AvgIpc) is 3.03. The molecule has 2 aliphatic rings. The number of carbonyl (C=O) groups is 2. The van der Waals surface area contributed by atoms with E-state index in [1.807, 2.05) is 32.0 Å². The van der Waals surface area contributed by atoms with Crippen LogP contribution in [-0.2, 0) is 9.59 Å². The summed E-state index contributed by atoms with van der Waals surface area (Å²) in [6.07, 6.45) is 4.49. The lowest BCUT2D eigenvalue weighted by Crippen LogP contribution is -2.50. The molecular weight excluding hydrogens is 292 g/mol. The summed E-state index contributed by atoms with van der Waals surface area (Å²) in [6, 6.07) is 6.00. The molecule has 1 aliphatic carbocycles. The van der Waals surface area contributed by atoms with Crippen LogP contribution in [0.5, 0.6) is 5.75 Å². The number of ether oxygens (including phenoxy) is 1. The maximum absolute atomic E-state index is 12.6. The number of carbonyl (C=O) groups excluding carboxylic acids is 2. The van der Waals surface area contributed by atoms with Gasteiger partial charge in [-0.2, -0.15) is 0 Å². The molecule has 3 rings (SSSR count). The highest BCUT2D eigenvalue weighted by atomic mass is 16.5. The van der Waals surface area contributed by atoms with Crippen LogP contribution in [0.3, 0.4) is 0 Å². The van der Waals surface area contributed by atoms with E-state index in [1.54, 1.807) is 4.90 Å². The van der Waals surface area contributed by atoms with Crippen molar-refractivity contribution in [3.63, 3.8) is 0 Å². The second kappa shape index (κ2) is 6.60. The Morgan fingerprint density at radius 2 is 2.09 bits per heavy atom. The predicted molar refractivity (Wildman–Crippen MR) is 88.6 cm³/mol. The fraction of sp³-hybridized carbons (Fsp3) is 0.556. The van der Waals surface area contributed by atoms with Crippen LogP contribution < -0.4 is 15.0 Å². The van der Waals surface area contributed by atoms with Gasteiger partial charge in [0.25, 0.3) is 5.91 Å². The van der Waals surface area contributed by atoms with Crippen LogP contribution in [0.15, 0.2) is 18.2 Å². The van der Waals surface area contributed by atoms with Crippen LogP contribution in [0.4, 0.5) is 5.69 Å². The topological polar surface area (TPSA) is 58.6 Å². The lowest BCUT2D eigenvalue weighted by Gasteiger charge is -2.34. The number of benzene rings is 1. The number of fused-ring (bicyclic) bond motifs is 1. The third kappa shape index (κ3) is 3.33. The SMILES string of the molecule is CC[C@H]1Oc2ccc(C)cc2N(CC(=O)NC2CCCC2)C1=O. The van der Waals surface area contributed by atoms with Gasteiger partial charge in [-0.1, -0.05) is 25.8 Å². The molecule has 1 heterocycles. The molecule has 124 valence electrons. The number of hydrogen-bond acceptors (Lipinski definition) is 3. The molecule has 1 aromatic rings. The van der Waals surface area contributed by atoms with Crippen LogP contribution in [0.1, 0.15) is 44.6 Å². The predicted octanol–water partition coefficient (Wildman–Crippen LogP) is 2.56. The van der Waals surface area contributed by atoms with Gasteiger partial charge >= 0.3 is 0 Å². The normalized spacial score (nSPS) is 21.0. The van der Waals surface area contributed by atoms with Gasteiger partial charge in [0.15, 0.2) is 6.10 Å². The molecule has 0 saturated heterocycles. The van der Waals surface area contributed by atoms with Crippen molar-refractivity contribution in [3.8, 4) is 5.75 Å². The van der Waals surface area contributed by atoms with Crippen molar-refractivity contribution in [3.05, 3.63) is 23.8 Å². The van der Waals surface area contributed by atoms with E-state index in [0.29, 0.717) is 17.9 Å². The molecule has 1 fully saturated rings. The first-order chi connectivity index (χ1) is 11.1. The molecule has 1 aliphatic heterocycles. The van der Waals surface area contributed by atoms with Crippen LogP contribution in [0.25, 0.3) is 0 Å². The third-order valence-electron chi connectivity index (χ3n) is 4.61. The zero-order valence-corrected chi connectivity index (χ0v) is 13.8. The van der Waals surface area contributed by atoms with Crippen molar-refractivity contribution in [2.75, 3.05) is 11.4 Å². The van der Waals surface area contributed by atoms with Gasteiger partial charge in [-0.15, -0.1) is 0 Å². The summed E-state index contributed by atoms with van der Waals surface area (Å²) in [5.41, 5.74) is 1.73. The molecule has 1 aromatic carbocycles. The molecule has 2 amide bonds. The Balaban J connectivity index is 1.79. The smallest absolute Gasteiger partial charge is 0.268 e. The van der Waals surface area contributed by atoms with E-state index >= 15 is 0 Å². The zero-order chi connectivity index (χ0) is 16.4. The lowest BCUT2D eigenvalue weighted by molar-refractivity contribution is -0.129. The number of amides is 2. The standard InChI is InChI=1S/C18H24N2O3/c1-3-15-18(22)20(11-17(21)19-13-6-4-5-7-13)14-10-12(2)8-9-16(14)23-15/h8-10,13,15H,3-7,11H2,1-2H3,(H,19,21)/t15-/m1/s1. The highest BCUT2D eigenvalue weighted by Crippen LogP contribution is 2.35. The Morgan fingerprint density at radius 1 is 1.35 bits per heavy atom. The summed E-state index contributed by atoms with van der Waals surface area (Å²) >= 11 is 0. The summed E-state index contributed by atoms with van der Waals surface area (Å²) in [4.78, 5) is 26.6. The van der Waals surface area contributed by atoms with Gasteiger partial charge in [0.1, 0.15) is 12.3 Å². The second-order valence-electron chi connectivity index (χ2n) is 6.46. The molecule has 0 radical (unpaired) electrons. The van der Waals surface area contributed by atoms with Gasteiger partial charge in [-0.05, 0) is 43.9 Å². The third-order valence-corrected chi connectivity index (χ3v) is 4.61. The largest absolute Gasteiger partial charge is 0.478 e. The average molecular weight is 316 g/mol. The molecule has 0 bridgehead atoms. The van der Waals surface area contributed by atoms with Gasteiger partial charge in [-0.25, -0.2) is 0 Å². The van der Waals surface area contributed by atoms with Crippen molar-refractivity contribution in [1.82, 2.24) is 5.32 Å². The first kappa shape index (κ1) is 15.8. The molecular formula is C18H24N2O3. The van der Waals surface area contributed by atoms with Crippen molar-refractivity contribution in [1.29, 1.82) is 0 Å². The summed E-state index contributed by atoms with van der Waals surface area (Å²) in [5, 5.41) is 3.05. The minimum Gasteiger partial charge on any atom is -0.478 e. The molecule has 1 N–H and O–H groups in total. The van der Waals surface area contributed by atoms with Crippen LogP contribution in [-0.4, -0.2) is 30.5 Å². The van der Waals surface area contributed by atoms with Gasteiger partial charge in [0.2, 0.25) is 5.91 Å². The van der Waals surface area contributed by atoms with Gasteiger partial charge in [-0.3, -0.25) is 14.5 Å². The minimum absolute atomic E-state index is 0.0612. The van der Waals surface area contributed by atoms with E-state index in [9.17, 15) is 9.59 Å². The molecule has 0 spiro atoms. The molecule has 5 heteroatoms. The van der Waals surface area contributed by atoms with E-state index < -0.39 is 6.10 Å². The first-order valence-corrected chi connectivity index (χ1v) is 8.46. The van der Waals surface area contributed by atoms with Crippen molar-refractivity contribution in [2.24, 2.45) is 0 Å². The number of rotatable bonds is 4. The minimum atomic E-state index is -0.510. The van der Waals surface area contributed by atoms with Crippen LogP contribution in [0.2, 0.25) is 0 Å². The Bertz CT molecular complexity index is 608. The Labute approximate surface area is 137 Å². The Morgan fingerprint density at radius 3 is 2.78 bits per heavy atom. The molecule has 1 saturated carbocycles. The van der Waals surface area contributed by atoms with E-state index in [4.69, 9.17) is 4.74 Å². The summed E-state index contributed by atoms with van der Waals surface area (Å²) < 4.78 is 5.77. The van der Waals surface area contributed by atoms with Gasteiger partial charge in [0, 0.05) is 6.04 Å². The second-order valence-corrected chi connectivity index (χ2v) is 6.46. The molecule has 1 atom stereocenters. The number of anilines is 1. The van der Waals surface area contributed by atoms with Crippen molar-refractivity contribution < 1.29 is 14.3 Å². The number of nitrogens with zero attached hydrogens (tertiary/aromatic N) is 1. The van der Waals surface area contributed by atoms with Crippen LogP contribution in [0, 0.1) is 6.92 Å². The lowest BCUT2D eigenvalue weighted by atomic mass is 10.1. The molecule has 5 nitrogen and oxygen atoms in total. The highest BCUT2D eigenvalue weighted by Gasteiger charge is 2.34. The molecule has 23 heavy (non-hydrogen) atoms. The fourth-order valence-corrected chi connectivity index (χ4v) is 3.34. The highest BCUT2D eigenvalue weighted by molar-refractivity contribution is 6.03. The van der Waals surface area contributed by atoms with Crippen LogP contribution >= 0.6 is 0 Å². The zero-order valence-electron chi connectivity index (χ0n) is 13.8. The van der Waals surface area contributed by atoms with Gasteiger partial charge < -0.3 is 10.1 Å². The molecule has 0 aromatic heterocycles. The van der Waals surface area contributed by atoms with E-state index in [-0.39, 0.29) is 24.4 Å². The van der Waals surface area contributed by atoms with E-state index in [0.717, 1.165) is 18.4 Å². The number of hydrogen-bond donors (Lipinski definition) is 1.